The fourth-order valence-electron chi connectivity index (χ4n) is 4.21. The van der Waals surface area contributed by atoms with Crippen LogP contribution in [0.15, 0.2) is 97.8 Å². The van der Waals surface area contributed by atoms with Crippen molar-refractivity contribution in [2.24, 2.45) is 5.73 Å². The first-order valence-electron chi connectivity index (χ1n) is 14.1. The summed E-state index contributed by atoms with van der Waals surface area (Å²) in [6.45, 7) is 10.9. The molecule has 0 spiro atoms. The molecule has 7 N–H and O–H groups in total. The zero-order valence-electron chi connectivity index (χ0n) is 25.3. The summed E-state index contributed by atoms with van der Waals surface area (Å²) >= 11 is 0. The maximum absolute atomic E-state index is 10.5. The normalized spacial score (nSPS) is 10.2. The molecule has 13 nitrogen and oxygen atoms in total. The van der Waals surface area contributed by atoms with Crippen molar-refractivity contribution >= 4 is 34.7 Å². The molecule has 4 heterocycles. The van der Waals surface area contributed by atoms with Crippen LogP contribution in [-0.2, 0) is 0 Å². The highest BCUT2D eigenvalue weighted by molar-refractivity contribution is 5.93. The molecule has 13 heteroatoms. The van der Waals surface area contributed by atoms with Crippen molar-refractivity contribution in [3.63, 3.8) is 0 Å². The van der Waals surface area contributed by atoms with Gasteiger partial charge in [0, 0.05) is 11.1 Å². The van der Waals surface area contributed by atoms with Crippen molar-refractivity contribution in [3.05, 3.63) is 126 Å². The predicted octanol–water partition coefficient (Wildman–Crippen LogP) is 6.43. The average molecular weight is 624 g/mol. The van der Waals surface area contributed by atoms with Crippen molar-refractivity contribution in [1.29, 1.82) is 5.41 Å². The van der Waals surface area contributed by atoms with Gasteiger partial charge in [-0.25, -0.2) is 19.9 Å². The van der Waals surface area contributed by atoms with Gasteiger partial charge in [0.15, 0.2) is 23.1 Å². The Morgan fingerprint density at radius 2 is 1.13 bits per heavy atom. The largest absolute Gasteiger partial charge is 0.503 e. The first kappa shape index (κ1) is 31.5. The van der Waals surface area contributed by atoms with Gasteiger partial charge in [-0.1, -0.05) is 66.2 Å². The van der Waals surface area contributed by atoms with E-state index in [-0.39, 0.29) is 29.0 Å². The topological polar surface area (TPSA) is 196 Å². The Kier molecular flexibility index (Phi) is 9.53. The molecule has 0 saturated carbocycles. The number of benzene rings is 2. The van der Waals surface area contributed by atoms with E-state index >= 15 is 0 Å². The van der Waals surface area contributed by atoms with Crippen LogP contribution in [-0.4, -0.2) is 46.0 Å². The number of aromatic hydroxyl groups is 2. The first-order valence-corrected chi connectivity index (χ1v) is 14.1. The highest BCUT2D eigenvalue weighted by atomic mass is 16.3. The van der Waals surface area contributed by atoms with Gasteiger partial charge in [0.1, 0.15) is 41.8 Å². The van der Waals surface area contributed by atoms with Crippen molar-refractivity contribution in [2.75, 3.05) is 10.6 Å². The Bertz CT molecular complexity index is 2040. The molecule has 0 aliphatic heterocycles. The van der Waals surface area contributed by atoms with Crippen molar-refractivity contribution in [3.8, 4) is 34.0 Å². The van der Waals surface area contributed by atoms with Crippen LogP contribution in [0, 0.1) is 25.8 Å². The summed E-state index contributed by atoms with van der Waals surface area (Å²) in [5, 5.41) is 34.2. The minimum atomic E-state index is -0.104. The summed E-state index contributed by atoms with van der Waals surface area (Å²) in [5.74, 6) is 0.685. The number of aromatic nitrogens is 6. The number of hydrogen-bond acceptors (Lipinski definition) is 11. The first-order chi connectivity index (χ1) is 22.7. The smallest absolute Gasteiger partial charge is 0.269 e. The Balaban J connectivity index is 0.000000185. The summed E-state index contributed by atoms with van der Waals surface area (Å²) in [7, 11) is 0. The van der Waals surface area contributed by atoms with Crippen LogP contribution in [0.2, 0.25) is 0 Å². The van der Waals surface area contributed by atoms with Gasteiger partial charge in [-0.3, -0.25) is 10.4 Å². The molecule has 232 valence electrons. The summed E-state index contributed by atoms with van der Waals surface area (Å²) in [6, 6.07) is 22.0. The lowest BCUT2D eigenvalue weighted by molar-refractivity contribution is 0.474. The number of pyridine rings is 2. The predicted molar refractivity (Wildman–Crippen MR) is 180 cm³/mol. The summed E-state index contributed by atoms with van der Waals surface area (Å²) in [4.78, 5) is 27.7. The minimum Gasteiger partial charge on any atom is -0.503 e. The average Bonchev–Trinajstić information content (AvgIpc) is 3.08. The monoisotopic (exact) mass is 623 g/mol. The number of anilines is 4. The molecule has 0 amide bonds. The van der Waals surface area contributed by atoms with Crippen LogP contribution in [0.1, 0.15) is 16.8 Å². The molecule has 0 unspecified atom stereocenters. The molecule has 0 saturated heterocycles. The Morgan fingerprint density at radius 1 is 0.660 bits per heavy atom. The molecule has 6 rings (SSSR count). The van der Waals surface area contributed by atoms with Crippen LogP contribution in [0.25, 0.3) is 27.4 Å². The molecule has 0 radical (unpaired) electrons. The Morgan fingerprint density at radius 3 is 1.51 bits per heavy atom. The van der Waals surface area contributed by atoms with Gasteiger partial charge in [-0.15, -0.1) is 4.98 Å². The van der Waals surface area contributed by atoms with Gasteiger partial charge >= 0.3 is 0 Å². The van der Waals surface area contributed by atoms with E-state index in [0.29, 0.717) is 34.3 Å². The SMILES string of the molecule is Cc1ccc(-c2ncnc(Nc3ccc(C(=N)N)nc3)c2O)cc1.[C-]#[N+]c1ccc(Nc2ncnc(-c3ccc(C)cc3)c2O)cn1. The number of nitrogens with two attached hydrogens (primary N) is 1. The van der Waals surface area contributed by atoms with Gasteiger partial charge < -0.3 is 31.4 Å². The van der Waals surface area contributed by atoms with E-state index in [9.17, 15) is 10.2 Å². The number of nitrogens with one attached hydrogen (secondary N) is 3. The highest BCUT2D eigenvalue weighted by Crippen LogP contribution is 2.34. The molecule has 6 aromatic rings. The van der Waals surface area contributed by atoms with Gasteiger partial charge in [0.2, 0.25) is 0 Å². The lowest BCUT2D eigenvalue weighted by atomic mass is 10.1. The fraction of sp³-hybridized carbons (Fsp3) is 0.0588. The van der Waals surface area contributed by atoms with Crippen LogP contribution < -0.4 is 16.4 Å². The van der Waals surface area contributed by atoms with E-state index in [1.165, 1.54) is 25.0 Å². The standard InChI is InChI=1S/C17H16N6O.C17H13N5O/c1-10-2-4-11(5-3-10)14-15(24)17(22-9-21-14)23-12-6-7-13(16(18)19)20-8-12;1-11-3-5-12(6-4-11)15-16(23)17(21-10-20-15)22-13-7-8-14(18-2)19-9-13/h2-9,24H,1H3,(H3,18,19)(H,21,22,23);3-10,23H,1H3,(H,20,21,22). The van der Waals surface area contributed by atoms with Gasteiger partial charge in [0.05, 0.1) is 17.6 Å². The van der Waals surface area contributed by atoms with Crippen molar-refractivity contribution in [2.45, 2.75) is 13.8 Å². The third kappa shape index (κ3) is 7.78. The maximum atomic E-state index is 10.5. The summed E-state index contributed by atoms with van der Waals surface area (Å²) in [6.07, 6.45) is 5.80. The lowest BCUT2D eigenvalue weighted by Gasteiger charge is -2.10. The summed E-state index contributed by atoms with van der Waals surface area (Å²) < 4.78 is 0. The molecular formula is C34H29N11O2. The molecule has 2 aromatic carbocycles. The third-order valence-electron chi connectivity index (χ3n) is 6.72. The van der Waals surface area contributed by atoms with E-state index in [1.54, 1.807) is 24.3 Å². The van der Waals surface area contributed by atoms with Gasteiger partial charge in [0.25, 0.3) is 5.82 Å². The number of amidine groups is 1. The van der Waals surface area contributed by atoms with E-state index < -0.39 is 0 Å². The zero-order valence-corrected chi connectivity index (χ0v) is 25.3. The van der Waals surface area contributed by atoms with E-state index in [2.05, 4.69) is 45.4 Å². The van der Waals surface area contributed by atoms with E-state index in [4.69, 9.17) is 17.7 Å². The summed E-state index contributed by atoms with van der Waals surface area (Å²) in [5.41, 5.74) is 11.8. The number of aryl methyl sites for hydroxylation is 2. The number of rotatable bonds is 7. The number of nitrogens with zero attached hydrogens (tertiary/aromatic N) is 7. The lowest BCUT2D eigenvalue weighted by Crippen LogP contribution is -2.12. The van der Waals surface area contributed by atoms with Crippen LogP contribution >= 0.6 is 0 Å². The number of hydrogen-bond donors (Lipinski definition) is 6. The van der Waals surface area contributed by atoms with Gasteiger partial charge in [-0.2, -0.15) is 0 Å². The van der Waals surface area contributed by atoms with Crippen molar-refractivity contribution in [1.82, 2.24) is 29.9 Å². The highest BCUT2D eigenvalue weighted by Gasteiger charge is 2.14. The molecule has 0 aliphatic carbocycles. The second-order valence-electron chi connectivity index (χ2n) is 10.2. The van der Waals surface area contributed by atoms with Crippen LogP contribution in [0.4, 0.5) is 28.8 Å². The fourth-order valence-corrected chi connectivity index (χ4v) is 4.21. The van der Waals surface area contributed by atoms with E-state index in [1.807, 2.05) is 62.4 Å². The molecule has 0 atom stereocenters. The molecule has 0 fully saturated rings. The van der Waals surface area contributed by atoms with Crippen LogP contribution in [0.3, 0.4) is 0 Å². The molecule has 0 bridgehead atoms. The quantitative estimate of drug-likeness (QED) is 0.0651. The van der Waals surface area contributed by atoms with Gasteiger partial charge in [-0.05, 0) is 38.1 Å². The third-order valence-corrected chi connectivity index (χ3v) is 6.72. The maximum Gasteiger partial charge on any atom is 0.269 e. The second kappa shape index (κ2) is 14.2. The molecule has 47 heavy (non-hydrogen) atoms. The molecule has 0 aliphatic rings. The van der Waals surface area contributed by atoms with E-state index in [0.717, 1.165) is 22.3 Å². The van der Waals surface area contributed by atoms with Crippen LogP contribution in [0.5, 0.6) is 11.5 Å². The van der Waals surface area contributed by atoms with Crippen molar-refractivity contribution < 1.29 is 10.2 Å². The number of nitrogen functional groups attached to an aromatic ring is 1. The molecular weight excluding hydrogens is 594 g/mol. The zero-order chi connectivity index (χ0) is 33.3. The Hall–Kier alpha value is -6.94. The minimum absolute atomic E-state index is 0.0365. The Labute approximate surface area is 270 Å². The molecule has 4 aromatic heterocycles. The second-order valence-corrected chi connectivity index (χ2v) is 10.2.